The Bertz CT molecular complexity index is 692. The highest BCUT2D eigenvalue weighted by atomic mass is 16.2. The number of rotatable bonds is 0. The molecule has 5 N–H and O–H groups in total. The van der Waals surface area contributed by atoms with E-state index in [9.17, 15) is 9.59 Å². The molecule has 0 atom stereocenters. The summed E-state index contributed by atoms with van der Waals surface area (Å²) in [6.07, 6.45) is 0. The molecule has 2 aromatic rings. The number of anilines is 2. The van der Waals surface area contributed by atoms with Crippen molar-refractivity contribution < 1.29 is 9.59 Å². The van der Waals surface area contributed by atoms with Crippen LogP contribution in [0.1, 0.15) is 20.7 Å². The molecule has 1 aliphatic rings. The Labute approximate surface area is 96.4 Å². The summed E-state index contributed by atoms with van der Waals surface area (Å²) in [7, 11) is 0. The summed E-state index contributed by atoms with van der Waals surface area (Å²) in [5, 5.41) is 3.48. The largest absolute Gasteiger partial charge is 0.398 e. The van der Waals surface area contributed by atoms with Crippen LogP contribution < -0.4 is 16.8 Å². The van der Waals surface area contributed by atoms with Crippen molar-refractivity contribution in [3.8, 4) is 0 Å². The second-order valence-corrected chi connectivity index (χ2v) is 3.94. The van der Waals surface area contributed by atoms with Crippen molar-refractivity contribution in [2.75, 3.05) is 11.5 Å². The first-order valence-corrected chi connectivity index (χ1v) is 5.06. The number of fused-ring (bicyclic) bond motifs is 3. The SMILES string of the molecule is Nc1cccc2c3c(cc(N)c12)C(=O)NC3=O. The minimum Gasteiger partial charge on any atom is -0.398 e. The van der Waals surface area contributed by atoms with Gasteiger partial charge in [-0.3, -0.25) is 14.9 Å². The summed E-state index contributed by atoms with van der Waals surface area (Å²) in [6, 6.07) is 6.67. The lowest BCUT2D eigenvalue weighted by atomic mass is 9.98. The molecule has 0 radical (unpaired) electrons. The highest BCUT2D eigenvalue weighted by Crippen LogP contribution is 2.34. The molecule has 0 aromatic heterocycles. The molecule has 17 heavy (non-hydrogen) atoms. The number of carbonyl (C=O) groups is 2. The molecule has 0 spiro atoms. The fourth-order valence-corrected chi connectivity index (χ4v) is 2.20. The number of nitrogen functional groups attached to an aromatic ring is 2. The Kier molecular flexibility index (Phi) is 1.69. The lowest BCUT2D eigenvalue weighted by Gasteiger charge is -2.08. The summed E-state index contributed by atoms with van der Waals surface area (Å²) in [5.74, 6) is -0.818. The number of hydrogen-bond donors (Lipinski definition) is 3. The molecule has 0 bridgehead atoms. The normalized spacial score (nSPS) is 13.9. The highest BCUT2D eigenvalue weighted by molar-refractivity contribution is 6.28. The van der Waals surface area contributed by atoms with Crippen LogP contribution in [0.2, 0.25) is 0 Å². The maximum atomic E-state index is 11.7. The maximum absolute atomic E-state index is 11.7. The maximum Gasteiger partial charge on any atom is 0.259 e. The fraction of sp³-hybridized carbons (Fsp3) is 0. The zero-order chi connectivity index (χ0) is 12.2. The number of carbonyl (C=O) groups excluding carboxylic acids is 2. The molecule has 0 saturated carbocycles. The van der Waals surface area contributed by atoms with Gasteiger partial charge < -0.3 is 11.5 Å². The number of nitrogens with two attached hydrogens (primary N) is 2. The molecule has 5 heteroatoms. The van der Waals surface area contributed by atoms with E-state index in [4.69, 9.17) is 11.5 Å². The molecule has 2 aromatic carbocycles. The van der Waals surface area contributed by atoms with Crippen molar-refractivity contribution in [3.05, 3.63) is 35.4 Å². The fourth-order valence-electron chi connectivity index (χ4n) is 2.20. The molecule has 0 fully saturated rings. The van der Waals surface area contributed by atoms with E-state index in [1.165, 1.54) is 6.07 Å². The van der Waals surface area contributed by atoms with E-state index in [0.29, 0.717) is 33.3 Å². The first-order valence-electron chi connectivity index (χ1n) is 5.06. The Hall–Kier alpha value is -2.56. The first kappa shape index (κ1) is 9.65. The van der Waals surface area contributed by atoms with Crippen molar-refractivity contribution in [3.63, 3.8) is 0 Å². The summed E-state index contributed by atoms with van der Waals surface area (Å²) in [5.41, 5.74) is 13.3. The van der Waals surface area contributed by atoms with E-state index in [1.54, 1.807) is 18.2 Å². The van der Waals surface area contributed by atoms with E-state index in [1.807, 2.05) is 0 Å². The third-order valence-electron chi connectivity index (χ3n) is 2.92. The number of hydrogen-bond acceptors (Lipinski definition) is 4. The van der Waals surface area contributed by atoms with E-state index in [0.717, 1.165) is 0 Å². The molecule has 1 aliphatic heterocycles. The smallest absolute Gasteiger partial charge is 0.259 e. The van der Waals surface area contributed by atoms with Crippen molar-refractivity contribution >= 4 is 34.0 Å². The first-order chi connectivity index (χ1) is 8.09. The van der Waals surface area contributed by atoms with Gasteiger partial charge in [-0.05, 0) is 17.5 Å². The Balaban J connectivity index is 2.56. The van der Waals surface area contributed by atoms with Gasteiger partial charge >= 0.3 is 0 Å². The summed E-state index contributed by atoms with van der Waals surface area (Å²) in [4.78, 5) is 23.2. The number of amides is 2. The van der Waals surface area contributed by atoms with Crippen LogP contribution in [0.4, 0.5) is 11.4 Å². The van der Waals surface area contributed by atoms with Gasteiger partial charge in [0.1, 0.15) is 0 Å². The molecule has 5 nitrogen and oxygen atoms in total. The van der Waals surface area contributed by atoms with Crippen LogP contribution >= 0.6 is 0 Å². The van der Waals surface area contributed by atoms with Crippen LogP contribution in [0, 0.1) is 0 Å². The van der Waals surface area contributed by atoms with Gasteiger partial charge in [-0.25, -0.2) is 0 Å². The molecule has 0 unspecified atom stereocenters. The summed E-state index contributed by atoms with van der Waals surface area (Å²) < 4.78 is 0. The number of benzene rings is 2. The average Bonchev–Trinajstić information content (AvgIpc) is 2.54. The average molecular weight is 227 g/mol. The lowest BCUT2D eigenvalue weighted by molar-refractivity contribution is 0.0880. The Morgan fingerprint density at radius 2 is 1.76 bits per heavy atom. The van der Waals surface area contributed by atoms with Crippen molar-refractivity contribution in [2.24, 2.45) is 0 Å². The molecule has 3 rings (SSSR count). The number of nitrogens with one attached hydrogen (secondary N) is 1. The third-order valence-corrected chi connectivity index (χ3v) is 2.92. The molecule has 0 saturated heterocycles. The predicted octanol–water partition coefficient (Wildman–Crippen LogP) is 0.888. The van der Waals surface area contributed by atoms with E-state index in [-0.39, 0.29) is 0 Å². The van der Waals surface area contributed by atoms with Gasteiger partial charge in [0, 0.05) is 16.8 Å². The number of imide groups is 1. The van der Waals surface area contributed by atoms with Gasteiger partial charge in [0.2, 0.25) is 0 Å². The topological polar surface area (TPSA) is 98.2 Å². The lowest BCUT2D eigenvalue weighted by Crippen LogP contribution is -2.19. The highest BCUT2D eigenvalue weighted by Gasteiger charge is 2.29. The molecule has 1 heterocycles. The van der Waals surface area contributed by atoms with Crippen LogP contribution in [0.25, 0.3) is 10.8 Å². The summed E-state index contributed by atoms with van der Waals surface area (Å²) in [6.45, 7) is 0. The van der Waals surface area contributed by atoms with Crippen LogP contribution in [0.5, 0.6) is 0 Å². The monoisotopic (exact) mass is 227 g/mol. The van der Waals surface area contributed by atoms with Gasteiger partial charge in [-0.2, -0.15) is 0 Å². The Morgan fingerprint density at radius 3 is 2.53 bits per heavy atom. The standard InChI is InChI=1S/C12H9N3O2/c13-7-3-1-2-5-9-6(4-8(14)10(5)7)11(16)15-12(9)17/h1-4H,13-14H2,(H,15,16,17). The zero-order valence-corrected chi connectivity index (χ0v) is 8.78. The van der Waals surface area contributed by atoms with Crippen molar-refractivity contribution in [1.29, 1.82) is 0 Å². The van der Waals surface area contributed by atoms with Gasteiger partial charge in [-0.1, -0.05) is 12.1 Å². The molecule has 2 amide bonds. The minimum absolute atomic E-state index is 0.311. The zero-order valence-electron chi connectivity index (χ0n) is 8.78. The van der Waals surface area contributed by atoms with Gasteiger partial charge in [-0.15, -0.1) is 0 Å². The van der Waals surface area contributed by atoms with Gasteiger partial charge in [0.05, 0.1) is 11.1 Å². The van der Waals surface area contributed by atoms with Crippen molar-refractivity contribution in [1.82, 2.24) is 5.32 Å². The van der Waals surface area contributed by atoms with E-state index >= 15 is 0 Å². The van der Waals surface area contributed by atoms with Crippen LogP contribution in [0.15, 0.2) is 24.3 Å². The molecular formula is C12H9N3O2. The van der Waals surface area contributed by atoms with E-state index in [2.05, 4.69) is 5.32 Å². The van der Waals surface area contributed by atoms with Crippen molar-refractivity contribution in [2.45, 2.75) is 0 Å². The molecular weight excluding hydrogens is 218 g/mol. The minimum atomic E-state index is -0.416. The predicted molar refractivity (Wildman–Crippen MR) is 64.6 cm³/mol. The molecule has 0 aliphatic carbocycles. The second-order valence-electron chi connectivity index (χ2n) is 3.94. The van der Waals surface area contributed by atoms with Crippen LogP contribution in [-0.4, -0.2) is 11.8 Å². The van der Waals surface area contributed by atoms with Gasteiger partial charge in [0.25, 0.3) is 11.8 Å². The van der Waals surface area contributed by atoms with Crippen LogP contribution in [-0.2, 0) is 0 Å². The van der Waals surface area contributed by atoms with Crippen LogP contribution in [0.3, 0.4) is 0 Å². The van der Waals surface area contributed by atoms with E-state index < -0.39 is 11.8 Å². The van der Waals surface area contributed by atoms with Gasteiger partial charge in [0.15, 0.2) is 0 Å². The molecule has 84 valence electrons. The third kappa shape index (κ3) is 1.13. The Morgan fingerprint density at radius 1 is 1.00 bits per heavy atom. The summed E-state index contributed by atoms with van der Waals surface area (Å²) >= 11 is 0. The quantitative estimate of drug-likeness (QED) is 0.459. The second kappa shape index (κ2) is 2.98.